The van der Waals surface area contributed by atoms with Crippen molar-refractivity contribution < 1.29 is 19.4 Å². The summed E-state index contributed by atoms with van der Waals surface area (Å²) in [5, 5.41) is 19.4. The Morgan fingerprint density at radius 1 is 1.22 bits per heavy atom. The molecule has 0 bridgehead atoms. The fourth-order valence-electron chi connectivity index (χ4n) is 2.99. The molecule has 2 N–H and O–H groups in total. The van der Waals surface area contributed by atoms with Crippen LogP contribution in [-0.4, -0.2) is 34.2 Å². The standard InChI is InChI=1S/C18H18FNO3/c19-16-4-2-1-3-15(16)17(21)11-20-8-7-12-5-6-13(18(22)23)9-14(12)10-20/h1-6,9,17,21H,7-8,10-11H2,(H,22,23). The Morgan fingerprint density at radius 3 is 2.74 bits per heavy atom. The molecule has 3 rings (SSSR count). The lowest BCUT2D eigenvalue weighted by molar-refractivity contribution is 0.0696. The lowest BCUT2D eigenvalue weighted by atomic mass is 9.96. The average Bonchev–Trinajstić information content (AvgIpc) is 2.54. The number of aliphatic hydroxyl groups excluding tert-OH is 1. The van der Waals surface area contributed by atoms with Crippen molar-refractivity contribution >= 4 is 5.97 Å². The highest BCUT2D eigenvalue weighted by Gasteiger charge is 2.21. The number of carbonyl (C=O) groups is 1. The highest BCUT2D eigenvalue weighted by atomic mass is 19.1. The number of hydrogen-bond acceptors (Lipinski definition) is 3. The van der Waals surface area contributed by atoms with Crippen LogP contribution >= 0.6 is 0 Å². The molecular formula is C18H18FNO3. The zero-order valence-electron chi connectivity index (χ0n) is 12.6. The van der Waals surface area contributed by atoms with Gasteiger partial charge in [-0.05, 0) is 35.7 Å². The van der Waals surface area contributed by atoms with Crippen LogP contribution in [0.5, 0.6) is 0 Å². The van der Waals surface area contributed by atoms with Crippen LogP contribution < -0.4 is 0 Å². The molecule has 2 aromatic rings. The van der Waals surface area contributed by atoms with Gasteiger partial charge in [0.1, 0.15) is 5.82 Å². The van der Waals surface area contributed by atoms with Crippen molar-refractivity contribution in [1.82, 2.24) is 4.90 Å². The van der Waals surface area contributed by atoms with Crippen LogP contribution in [0.25, 0.3) is 0 Å². The summed E-state index contributed by atoms with van der Waals surface area (Å²) in [6, 6.07) is 11.4. The van der Waals surface area contributed by atoms with E-state index in [1.165, 1.54) is 6.07 Å². The minimum absolute atomic E-state index is 0.264. The molecule has 1 atom stereocenters. The number of carboxylic acid groups (broad SMARTS) is 1. The van der Waals surface area contributed by atoms with Gasteiger partial charge in [0.05, 0.1) is 11.7 Å². The molecule has 1 unspecified atom stereocenters. The van der Waals surface area contributed by atoms with Crippen LogP contribution in [-0.2, 0) is 13.0 Å². The highest BCUT2D eigenvalue weighted by Crippen LogP contribution is 2.24. The Kier molecular flexibility index (Phi) is 4.41. The van der Waals surface area contributed by atoms with E-state index in [9.17, 15) is 14.3 Å². The molecule has 0 radical (unpaired) electrons. The number of hydrogen-bond donors (Lipinski definition) is 2. The average molecular weight is 315 g/mol. The van der Waals surface area contributed by atoms with Gasteiger partial charge in [0.15, 0.2) is 0 Å². The molecule has 0 fully saturated rings. The Balaban J connectivity index is 1.73. The van der Waals surface area contributed by atoms with Gasteiger partial charge in [-0.15, -0.1) is 0 Å². The van der Waals surface area contributed by atoms with E-state index in [-0.39, 0.29) is 11.1 Å². The zero-order valence-corrected chi connectivity index (χ0v) is 12.6. The van der Waals surface area contributed by atoms with Crippen LogP contribution in [0.2, 0.25) is 0 Å². The lowest BCUT2D eigenvalue weighted by Gasteiger charge is -2.30. The second-order valence-electron chi connectivity index (χ2n) is 5.81. The summed E-state index contributed by atoms with van der Waals surface area (Å²) in [4.78, 5) is 13.1. The lowest BCUT2D eigenvalue weighted by Crippen LogP contribution is -2.34. The second-order valence-corrected chi connectivity index (χ2v) is 5.81. The predicted octanol–water partition coefficient (Wildman–Crippen LogP) is 2.62. The normalized spacial score (nSPS) is 15.9. The number of aliphatic hydroxyl groups is 1. The van der Waals surface area contributed by atoms with E-state index < -0.39 is 17.9 Å². The van der Waals surface area contributed by atoms with Crippen LogP contribution in [0, 0.1) is 5.82 Å². The van der Waals surface area contributed by atoms with Crippen molar-refractivity contribution in [2.24, 2.45) is 0 Å². The summed E-state index contributed by atoms with van der Waals surface area (Å²) in [6.45, 7) is 1.63. The molecule has 1 heterocycles. The van der Waals surface area contributed by atoms with Gasteiger partial charge in [0.2, 0.25) is 0 Å². The summed E-state index contributed by atoms with van der Waals surface area (Å²) in [7, 11) is 0. The summed E-state index contributed by atoms with van der Waals surface area (Å²) < 4.78 is 13.7. The first kappa shape index (κ1) is 15.6. The number of benzene rings is 2. The van der Waals surface area contributed by atoms with Crippen molar-refractivity contribution in [3.8, 4) is 0 Å². The molecule has 0 amide bonds. The van der Waals surface area contributed by atoms with E-state index in [2.05, 4.69) is 0 Å². The molecule has 1 aliphatic heterocycles. The Hall–Kier alpha value is -2.24. The van der Waals surface area contributed by atoms with Crippen molar-refractivity contribution in [3.05, 3.63) is 70.5 Å². The van der Waals surface area contributed by atoms with Crippen LogP contribution in [0.1, 0.15) is 33.2 Å². The van der Waals surface area contributed by atoms with Crippen molar-refractivity contribution in [2.75, 3.05) is 13.1 Å². The molecule has 0 spiro atoms. The second kappa shape index (κ2) is 6.48. The van der Waals surface area contributed by atoms with E-state index in [0.29, 0.717) is 13.1 Å². The van der Waals surface area contributed by atoms with Crippen molar-refractivity contribution in [2.45, 2.75) is 19.1 Å². The van der Waals surface area contributed by atoms with Gasteiger partial charge in [-0.25, -0.2) is 9.18 Å². The number of rotatable bonds is 4. The maximum atomic E-state index is 13.7. The summed E-state index contributed by atoms with van der Waals surface area (Å²) in [5.74, 6) is -1.36. The predicted molar refractivity (Wildman–Crippen MR) is 83.7 cm³/mol. The molecule has 1 aliphatic rings. The maximum absolute atomic E-state index is 13.7. The number of aromatic carboxylic acids is 1. The van der Waals surface area contributed by atoms with Crippen molar-refractivity contribution in [3.63, 3.8) is 0 Å². The Morgan fingerprint density at radius 2 is 2.00 bits per heavy atom. The number of carboxylic acids is 1. The summed E-state index contributed by atoms with van der Waals surface area (Å²) in [5.41, 5.74) is 2.64. The molecule has 120 valence electrons. The van der Waals surface area contributed by atoms with Gasteiger partial charge < -0.3 is 10.2 Å². The van der Waals surface area contributed by atoms with Gasteiger partial charge in [-0.3, -0.25) is 4.90 Å². The number of nitrogens with zero attached hydrogens (tertiary/aromatic N) is 1. The minimum atomic E-state index is -0.948. The van der Waals surface area contributed by atoms with Crippen LogP contribution in [0.3, 0.4) is 0 Å². The molecule has 0 aliphatic carbocycles. The number of β-amino-alcohol motifs (C(OH)–C–C–N with tert-alkyl or cyclic N) is 1. The molecular weight excluding hydrogens is 297 g/mol. The van der Waals surface area contributed by atoms with Crippen LogP contribution in [0.4, 0.5) is 4.39 Å². The van der Waals surface area contributed by atoms with Gasteiger partial charge >= 0.3 is 5.97 Å². The van der Waals surface area contributed by atoms with Gasteiger partial charge in [0, 0.05) is 25.2 Å². The minimum Gasteiger partial charge on any atom is -0.478 e. The monoisotopic (exact) mass is 315 g/mol. The SMILES string of the molecule is O=C(O)c1ccc2c(c1)CN(CC(O)c1ccccc1F)CC2. The highest BCUT2D eigenvalue weighted by molar-refractivity contribution is 5.87. The third kappa shape index (κ3) is 3.41. The third-order valence-corrected chi connectivity index (χ3v) is 4.24. The number of fused-ring (bicyclic) bond motifs is 1. The van der Waals surface area contributed by atoms with Crippen molar-refractivity contribution in [1.29, 1.82) is 0 Å². The smallest absolute Gasteiger partial charge is 0.335 e. The first-order chi connectivity index (χ1) is 11.0. The molecule has 0 saturated carbocycles. The van der Waals surface area contributed by atoms with Gasteiger partial charge in [-0.2, -0.15) is 0 Å². The molecule has 0 aromatic heterocycles. The largest absolute Gasteiger partial charge is 0.478 e. The van der Waals surface area contributed by atoms with E-state index in [4.69, 9.17) is 5.11 Å². The first-order valence-corrected chi connectivity index (χ1v) is 7.54. The van der Waals surface area contributed by atoms with Crippen LogP contribution in [0.15, 0.2) is 42.5 Å². The fraction of sp³-hybridized carbons (Fsp3) is 0.278. The molecule has 4 nitrogen and oxygen atoms in total. The topological polar surface area (TPSA) is 60.8 Å². The summed E-state index contributed by atoms with van der Waals surface area (Å²) in [6.07, 6.45) is -0.112. The van der Waals surface area contributed by atoms with E-state index in [1.54, 1.807) is 30.3 Å². The molecule has 5 heteroatoms. The first-order valence-electron chi connectivity index (χ1n) is 7.54. The number of halogens is 1. The Labute approximate surface area is 133 Å². The molecule has 2 aromatic carbocycles. The summed E-state index contributed by atoms with van der Waals surface area (Å²) >= 11 is 0. The third-order valence-electron chi connectivity index (χ3n) is 4.24. The van der Waals surface area contributed by atoms with E-state index in [1.807, 2.05) is 11.0 Å². The van der Waals surface area contributed by atoms with Gasteiger partial charge in [0.25, 0.3) is 0 Å². The Bertz CT molecular complexity index is 732. The fourth-order valence-corrected chi connectivity index (χ4v) is 2.99. The van der Waals surface area contributed by atoms with E-state index >= 15 is 0 Å². The maximum Gasteiger partial charge on any atom is 0.335 e. The quantitative estimate of drug-likeness (QED) is 0.910. The molecule has 23 heavy (non-hydrogen) atoms. The zero-order chi connectivity index (χ0) is 16.4. The van der Waals surface area contributed by atoms with Gasteiger partial charge in [-0.1, -0.05) is 24.3 Å². The molecule has 0 saturated heterocycles. The van der Waals surface area contributed by atoms with E-state index in [0.717, 1.165) is 24.1 Å².